The van der Waals surface area contributed by atoms with E-state index in [9.17, 15) is 9.59 Å². The van der Waals surface area contributed by atoms with E-state index in [-0.39, 0.29) is 31.1 Å². The summed E-state index contributed by atoms with van der Waals surface area (Å²) in [7, 11) is 1.72. The van der Waals surface area contributed by atoms with Crippen molar-refractivity contribution in [2.45, 2.75) is 83.5 Å². The molecule has 0 spiro atoms. The van der Waals surface area contributed by atoms with E-state index in [1.165, 1.54) is 0 Å². The topological polar surface area (TPSA) is 77.5 Å². The van der Waals surface area contributed by atoms with Gasteiger partial charge in [-0.25, -0.2) is 9.59 Å². The molecule has 3 rings (SSSR count). The molecule has 2 fully saturated rings. The SMILES string of the molecule is CN(C(=O)OC(C)(C)C)[C@@H]1C[C@H](CCOC2CCCCO2)N(C(=O)OCc2ccccc2)C1. The van der Waals surface area contributed by atoms with Crippen molar-refractivity contribution >= 4 is 12.2 Å². The van der Waals surface area contributed by atoms with Crippen LogP contribution in [0.4, 0.5) is 9.59 Å². The molecular formula is C25H38N2O6. The molecule has 0 radical (unpaired) electrons. The van der Waals surface area contributed by atoms with Gasteiger partial charge in [0, 0.05) is 26.2 Å². The summed E-state index contributed by atoms with van der Waals surface area (Å²) in [5, 5.41) is 0. The van der Waals surface area contributed by atoms with Gasteiger partial charge in [0.2, 0.25) is 0 Å². The Morgan fingerprint density at radius 1 is 1.18 bits per heavy atom. The molecular weight excluding hydrogens is 424 g/mol. The third-order valence-electron chi connectivity index (χ3n) is 5.95. The summed E-state index contributed by atoms with van der Waals surface area (Å²) in [6, 6.07) is 9.36. The van der Waals surface area contributed by atoms with E-state index in [0.717, 1.165) is 31.4 Å². The molecule has 2 amide bonds. The number of carbonyl (C=O) groups excluding carboxylic acids is 2. The molecule has 8 heteroatoms. The van der Waals surface area contributed by atoms with Crippen LogP contribution >= 0.6 is 0 Å². The van der Waals surface area contributed by atoms with Crippen molar-refractivity contribution in [1.29, 1.82) is 0 Å². The molecule has 2 aliphatic heterocycles. The van der Waals surface area contributed by atoms with Crippen molar-refractivity contribution < 1.29 is 28.5 Å². The summed E-state index contributed by atoms with van der Waals surface area (Å²) in [4.78, 5) is 28.9. The van der Waals surface area contributed by atoms with Gasteiger partial charge < -0.3 is 28.7 Å². The molecule has 2 saturated heterocycles. The molecule has 0 aliphatic carbocycles. The molecule has 0 saturated carbocycles. The zero-order valence-corrected chi connectivity index (χ0v) is 20.3. The van der Waals surface area contributed by atoms with Gasteiger partial charge in [0.05, 0.1) is 12.6 Å². The molecule has 0 bridgehead atoms. The van der Waals surface area contributed by atoms with E-state index >= 15 is 0 Å². The standard InChI is InChI=1S/C25H38N2O6/c1-25(2,3)33-23(28)26(4)21-16-20(13-15-31-22-12-8-9-14-30-22)27(17-21)24(29)32-18-19-10-6-5-7-11-19/h5-7,10-11,20-22H,8-9,12-18H2,1-4H3/t20-,21+,22?/m0/s1. The first kappa shape index (κ1) is 25.3. The highest BCUT2D eigenvalue weighted by atomic mass is 16.7. The number of carbonyl (C=O) groups is 2. The predicted molar refractivity (Wildman–Crippen MR) is 124 cm³/mol. The lowest BCUT2D eigenvalue weighted by atomic mass is 10.1. The summed E-state index contributed by atoms with van der Waals surface area (Å²) >= 11 is 0. The number of likely N-dealkylation sites (N-methyl/N-ethyl adjacent to an activating group) is 1. The zero-order valence-electron chi connectivity index (χ0n) is 20.3. The Balaban J connectivity index is 1.59. The number of likely N-dealkylation sites (tertiary alicyclic amines) is 1. The van der Waals surface area contributed by atoms with Crippen molar-refractivity contribution in [3.05, 3.63) is 35.9 Å². The molecule has 2 heterocycles. The zero-order chi connectivity index (χ0) is 23.8. The van der Waals surface area contributed by atoms with Crippen LogP contribution in [-0.4, -0.2) is 72.8 Å². The van der Waals surface area contributed by atoms with Crippen LogP contribution in [0.15, 0.2) is 30.3 Å². The summed E-state index contributed by atoms with van der Waals surface area (Å²) in [6.45, 7) is 7.35. The number of amides is 2. The summed E-state index contributed by atoms with van der Waals surface area (Å²) < 4.78 is 22.7. The highest BCUT2D eigenvalue weighted by Gasteiger charge is 2.40. The summed E-state index contributed by atoms with van der Waals surface area (Å²) in [6.07, 6.45) is 3.44. The highest BCUT2D eigenvalue weighted by molar-refractivity contribution is 5.70. The number of nitrogens with zero attached hydrogens (tertiary/aromatic N) is 2. The Labute approximate surface area is 197 Å². The Morgan fingerprint density at radius 3 is 2.61 bits per heavy atom. The molecule has 1 aromatic rings. The number of rotatable bonds is 7. The lowest BCUT2D eigenvalue weighted by Gasteiger charge is -2.28. The van der Waals surface area contributed by atoms with Crippen LogP contribution in [0.1, 0.15) is 58.4 Å². The molecule has 2 aliphatic rings. The Hall–Kier alpha value is -2.32. The molecule has 33 heavy (non-hydrogen) atoms. The fourth-order valence-electron chi connectivity index (χ4n) is 4.13. The molecule has 8 nitrogen and oxygen atoms in total. The average molecular weight is 463 g/mol. The minimum Gasteiger partial charge on any atom is -0.445 e. The highest BCUT2D eigenvalue weighted by Crippen LogP contribution is 2.27. The van der Waals surface area contributed by atoms with Gasteiger partial charge in [-0.3, -0.25) is 0 Å². The van der Waals surface area contributed by atoms with E-state index in [2.05, 4.69) is 0 Å². The van der Waals surface area contributed by atoms with E-state index in [0.29, 0.717) is 26.0 Å². The van der Waals surface area contributed by atoms with Crippen LogP contribution in [0.3, 0.4) is 0 Å². The first-order valence-electron chi connectivity index (χ1n) is 11.9. The van der Waals surface area contributed by atoms with E-state index < -0.39 is 11.7 Å². The predicted octanol–water partition coefficient (Wildman–Crippen LogP) is 4.57. The van der Waals surface area contributed by atoms with Gasteiger partial charge in [-0.2, -0.15) is 0 Å². The number of ether oxygens (including phenoxy) is 4. The van der Waals surface area contributed by atoms with Gasteiger partial charge >= 0.3 is 12.2 Å². The lowest BCUT2D eigenvalue weighted by Crippen LogP contribution is -2.43. The van der Waals surface area contributed by atoms with Crippen molar-refractivity contribution in [2.75, 3.05) is 26.8 Å². The summed E-state index contributed by atoms with van der Waals surface area (Å²) in [5.74, 6) is 0. The monoisotopic (exact) mass is 462 g/mol. The van der Waals surface area contributed by atoms with Gasteiger partial charge in [0.15, 0.2) is 6.29 Å². The largest absolute Gasteiger partial charge is 0.445 e. The third kappa shape index (κ3) is 7.89. The maximum Gasteiger partial charge on any atom is 0.410 e. The van der Waals surface area contributed by atoms with Crippen molar-refractivity contribution in [3.8, 4) is 0 Å². The van der Waals surface area contributed by atoms with Gasteiger partial charge in [-0.1, -0.05) is 30.3 Å². The Morgan fingerprint density at radius 2 is 1.94 bits per heavy atom. The first-order chi connectivity index (χ1) is 15.7. The van der Waals surface area contributed by atoms with Gasteiger partial charge in [-0.05, 0) is 58.4 Å². The van der Waals surface area contributed by atoms with Crippen molar-refractivity contribution in [2.24, 2.45) is 0 Å². The fourth-order valence-corrected chi connectivity index (χ4v) is 4.13. The number of benzene rings is 1. The minimum atomic E-state index is -0.578. The second-order valence-corrected chi connectivity index (χ2v) is 9.78. The van der Waals surface area contributed by atoms with Gasteiger partial charge in [0.1, 0.15) is 12.2 Å². The molecule has 3 atom stereocenters. The molecule has 1 aromatic carbocycles. The second-order valence-electron chi connectivity index (χ2n) is 9.78. The van der Waals surface area contributed by atoms with E-state index in [1.807, 2.05) is 51.1 Å². The molecule has 0 aromatic heterocycles. The lowest BCUT2D eigenvalue weighted by molar-refractivity contribution is -0.164. The molecule has 0 N–H and O–H groups in total. The van der Waals surface area contributed by atoms with Crippen molar-refractivity contribution in [1.82, 2.24) is 9.80 Å². The van der Waals surface area contributed by atoms with Crippen molar-refractivity contribution in [3.63, 3.8) is 0 Å². The maximum atomic E-state index is 13.0. The number of hydrogen-bond acceptors (Lipinski definition) is 6. The third-order valence-corrected chi connectivity index (χ3v) is 5.95. The van der Waals surface area contributed by atoms with E-state index in [1.54, 1.807) is 16.8 Å². The van der Waals surface area contributed by atoms with Crippen LogP contribution < -0.4 is 0 Å². The number of hydrogen-bond donors (Lipinski definition) is 0. The Bertz CT molecular complexity index is 760. The van der Waals surface area contributed by atoms with Gasteiger partial charge in [-0.15, -0.1) is 0 Å². The Kier molecular flexibility index (Phi) is 8.97. The van der Waals surface area contributed by atoms with Crippen LogP contribution in [0, 0.1) is 0 Å². The van der Waals surface area contributed by atoms with Crippen LogP contribution in [-0.2, 0) is 25.6 Å². The van der Waals surface area contributed by atoms with Crippen LogP contribution in [0.25, 0.3) is 0 Å². The van der Waals surface area contributed by atoms with E-state index in [4.69, 9.17) is 18.9 Å². The normalized spacial score (nSPS) is 23.3. The fraction of sp³-hybridized carbons (Fsp3) is 0.680. The summed E-state index contributed by atoms with van der Waals surface area (Å²) in [5.41, 5.74) is 0.354. The van der Waals surface area contributed by atoms with Crippen LogP contribution in [0.2, 0.25) is 0 Å². The maximum absolute atomic E-state index is 13.0. The smallest absolute Gasteiger partial charge is 0.410 e. The van der Waals surface area contributed by atoms with Crippen LogP contribution in [0.5, 0.6) is 0 Å². The second kappa shape index (κ2) is 11.7. The molecule has 184 valence electrons. The first-order valence-corrected chi connectivity index (χ1v) is 11.9. The quantitative estimate of drug-likeness (QED) is 0.591. The minimum absolute atomic E-state index is 0.0910. The molecule has 1 unspecified atom stereocenters. The average Bonchev–Trinajstić information content (AvgIpc) is 3.21. The van der Waals surface area contributed by atoms with Gasteiger partial charge in [0.25, 0.3) is 0 Å².